The number of hydrogen-bond donors (Lipinski definition) is 0. The Kier molecular flexibility index (Phi) is 1.95. The van der Waals surface area contributed by atoms with Crippen LogP contribution >= 0.6 is 23.5 Å². The highest BCUT2D eigenvalue weighted by molar-refractivity contribution is 7.00. The highest BCUT2D eigenvalue weighted by Gasteiger charge is 2.12. The van der Waals surface area contributed by atoms with Crippen molar-refractivity contribution in [3.8, 4) is 0 Å². The second kappa shape index (κ2) is 3.68. The highest BCUT2D eigenvalue weighted by Crippen LogP contribution is 2.34. The topological polar surface area (TPSA) is 51.6 Å². The fourth-order valence-electron chi connectivity index (χ4n) is 2.72. The summed E-state index contributed by atoms with van der Waals surface area (Å²) in [6.07, 6.45) is 0. The van der Waals surface area contributed by atoms with E-state index in [1.165, 1.54) is 34.2 Å². The summed E-state index contributed by atoms with van der Waals surface area (Å²) in [6.45, 7) is 0. The van der Waals surface area contributed by atoms with Gasteiger partial charge in [-0.25, -0.2) is 0 Å². The minimum absolute atomic E-state index is 0.940. The van der Waals surface area contributed by atoms with Gasteiger partial charge in [0.25, 0.3) is 0 Å². The van der Waals surface area contributed by atoms with Gasteiger partial charge in [-0.2, -0.15) is 17.5 Å². The molecule has 0 saturated carbocycles. The SMILES string of the molecule is c1cc2ccc3nsnc3c2c2c1ccc1nsnc12. The summed E-state index contributed by atoms with van der Waals surface area (Å²) in [5.74, 6) is 0. The van der Waals surface area contributed by atoms with Crippen molar-refractivity contribution in [2.24, 2.45) is 0 Å². The second-order valence-electron chi connectivity index (χ2n) is 4.66. The molecule has 0 aliphatic heterocycles. The molecular formula is C14H6N4S2. The van der Waals surface area contributed by atoms with E-state index in [1.807, 2.05) is 12.1 Å². The summed E-state index contributed by atoms with van der Waals surface area (Å²) in [4.78, 5) is 0. The van der Waals surface area contributed by atoms with E-state index in [0.717, 1.165) is 32.8 Å². The van der Waals surface area contributed by atoms with E-state index in [1.54, 1.807) is 0 Å². The minimum atomic E-state index is 0.940. The van der Waals surface area contributed by atoms with Gasteiger partial charge in [-0.05, 0) is 22.9 Å². The smallest absolute Gasteiger partial charge is 0.113 e. The monoisotopic (exact) mass is 294 g/mol. The van der Waals surface area contributed by atoms with Gasteiger partial charge < -0.3 is 0 Å². The zero-order chi connectivity index (χ0) is 13.1. The predicted molar refractivity (Wildman–Crippen MR) is 83.4 cm³/mol. The van der Waals surface area contributed by atoms with E-state index < -0.39 is 0 Å². The van der Waals surface area contributed by atoms with Crippen LogP contribution in [0.4, 0.5) is 0 Å². The van der Waals surface area contributed by atoms with Crippen LogP contribution in [0.15, 0.2) is 36.4 Å². The molecule has 5 aromatic rings. The number of fused-ring (bicyclic) bond motifs is 7. The lowest BCUT2D eigenvalue weighted by Crippen LogP contribution is -1.82. The molecule has 20 heavy (non-hydrogen) atoms. The molecule has 5 rings (SSSR count). The van der Waals surface area contributed by atoms with Crippen molar-refractivity contribution in [1.29, 1.82) is 0 Å². The van der Waals surface area contributed by atoms with E-state index in [-0.39, 0.29) is 0 Å². The molecule has 0 amide bonds. The average molecular weight is 294 g/mol. The summed E-state index contributed by atoms with van der Waals surface area (Å²) in [5.41, 5.74) is 3.79. The lowest BCUT2D eigenvalue weighted by Gasteiger charge is -2.04. The summed E-state index contributed by atoms with van der Waals surface area (Å²) >= 11 is 2.50. The fraction of sp³-hybridized carbons (Fsp3) is 0. The Morgan fingerprint density at radius 2 is 1.00 bits per heavy atom. The third-order valence-corrected chi connectivity index (χ3v) is 4.70. The summed E-state index contributed by atoms with van der Waals surface area (Å²) in [6, 6.07) is 12.5. The molecule has 0 unspecified atom stereocenters. The van der Waals surface area contributed by atoms with Crippen LogP contribution in [-0.2, 0) is 0 Å². The van der Waals surface area contributed by atoms with Crippen LogP contribution in [0.3, 0.4) is 0 Å². The maximum atomic E-state index is 4.47. The summed E-state index contributed by atoms with van der Waals surface area (Å²) in [7, 11) is 0. The molecule has 0 saturated heterocycles. The van der Waals surface area contributed by atoms with Crippen molar-refractivity contribution >= 4 is 67.1 Å². The van der Waals surface area contributed by atoms with E-state index in [9.17, 15) is 0 Å². The first-order valence-corrected chi connectivity index (χ1v) is 7.57. The maximum absolute atomic E-state index is 4.47. The van der Waals surface area contributed by atoms with E-state index in [0.29, 0.717) is 0 Å². The first-order chi connectivity index (χ1) is 9.92. The Morgan fingerprint density at radius 1 is 0.550 bits per heavy atom. The fourth-order valence-corrected chi connectivity index (χ4v) is 3.80. The molecule has 0 N–H and O–H groups in total. The molecule has 4 nitrogen and oxygen atoms in total. The Morgan fingerprint density at radius 3 is 1.50 bits per heavy atom. The lowest BCUT2D eigenvalue weighted by molar-refractivity contribution is 1.67. The Labute approximate surface area is 121 Å². The van der Waals surface area contributed by atoms with Crippen LogP contribution in [0.5, 0.6) is 0 Å². The van der Waals surface area contributed by atoms with Gasteiger partial charge in [-0.15, -0.1) is 0 Å². The second-order valence-corrected chi connectivity index (χ2v) is 5.71. The molecule has 6 heteroatoms. The molecule has 2 heterocycles. The largest absolute Gasteiger partial charge is 0.173 e. The highest BCUT2D eigenvalue weighted by atomic mass is 32.1. The molecular weight excluding hydrogens is 288 g/mol. The molecule has 3 aromatic carbocycles. The lowest BCUT2D eigenvalue weighted by atomic mass is 9.99. The number of hydrogen-bond acceptors (Lipinski definition) is 6. The number of rotatable bonds is 0. The number of nitrogens with zero attached hydrogens (tertiary/aromatic N) is 4. The van der Waals surface area contributed by atoms with Crippen LogP contribution in [0.2, 0.25) is 0 Å². The normalized spacial score (nSPS) is 12.0. The minimum Gasteiger partial charge on any atom is -0.173 e. The number of aromatic nitrogens is 4. The van der Waals surface area contributed by atoms with Crippen LogP contribution in [0, 0.1) is 0 Å². The van der Waals surface area contributed by atoms with Gasteiger partial charge in [-0.1, -0.05) is 24.3 Å². The Balaban J connectivity index is 2.23. The molecule has 0 fully saturated rings. The molecule has 2 aromatic heterocycles. The Bertz CT molecular complexity index is 1020. The van der Waals surface area contributed by atoms with Gasteiger partial charge in [0.15, 0.2) is 0 Å². The quantitative estimate of drug-likeness (QED) is 0.405. The maximum Gasteiger partial charge on any atom is 0.113 e. The van der Waals surface area contributed by atoms with Crippen molar-refractivity contribution in [3.05, 3.63) is 36.4 Å². The zero-order valence-corrected chi connectivity index (χ0v) is 11.7. The van der Waals surface area contributed by atoms with Gasteiger partial charge in [-0.3, -0.25) is 0 Å². The standard InChI is InChI=1S/C14H6N4S2/c1-2-8-4-6-10-14(18-20-16-10)12(8)11-7(1)3-5-9-13(11)17-19-15-9/h1-6H. The third kappa shape index (κ3) is 1.25. The van der Waals surface area contributed by atoms with Crippen LogP contribution < -0.4 is 0 Å². The van der Waals surface area contributed by atoms with Gasteiger partial charge in [0.1, 0.15) is 22.1 Å². The van der Waals surface area contributed by atoms with Gasteiger partial charge in [0.05, 0.1) is 23.5 Å². The van der Waals surface area contributed by atoms with Crippen molar-refractivity contribution in [1.82, 2.24) is 17.5 Å². The summed E-state index contributed by atoms with van der Waals surface area (Å²) in [5, 5.41) is 4.59. The molecule has 94 valence electrons. The third-order valence-electron chi connectivity index (χ3n) is 3.61. The molecule has 0 radical (unpaired) electrons. The molecule has 0 aliphatic rings. The van der Waals surface area contributed by atoms with Crippen molar-refractivity contribution in [2.75, 3.05) is 0 Å². The molecule has 0 bridgehead atoms. The Hall–Kier alpha value is -2.18. The molecule has 0 aliphatic carbocycles. The first-order valence-electron chi connectivity index (χ1n) is 6.11. The molecule has 0 atom stereocenters. The van der Waals surface area contributed by atoms with Crippen molar-refractivity contribution < 1.29 is 0 Å². The van der Waals surface area contributed by atoms with Crippen molar-refractivity contribution in [3.63, 3.8) is 0 Å². The van der Waals surface area contributed by atoms with Crippen LogP contribution in [0.25, 0.3) is 43.6 Å². The number of benzene rings is 3. The first kappa shape index (κ1) is 10.6. The van der Waals surface area contributed by atoms with Gasteiger partial charge >= 0.3 is 0 Å². The van der Waals surface area contributed by atoms with Crippen LogP contribution in [-0.4, -0.2) is 17.5 Å². The van der Waals surface area contributed by atoms with E-state index in [2.05, 4.69) is 41.8 Å². The summed E-state index contributed by atoms with van der Waals surface area (Å²) < 4.78 is 17.6. The van der Waals surface area contributed by atoms with E-state index in [4.69, 9.17) is 0 Å². The van der Waals surface area contributed by atoms with Gasteiger partial charge in [0, 0.05) is 10.8 Å². The van der Waals surface area contributed by atoms with Gasteiger partial charge in [0.2, 0.25) is 0 Å². The van der Waals surface area contributed by atoms with E-state index >= 15 is 0 Å². The zero-order valence-electron chi connectivity index (χ0n) is 10.1. The predicted octanol–water partition coefficient (Wildman–Crippen LogP) is 4.00. The average Bonchev–Trinajstić information content (AvgIpc) is 3.14. The van der Waals surface area contributed by atoms with Crippen molar-refractivity contribution in [2.45, 2.75) is 0 Å². The van der Waals surface area contributed by atoms with Crippen LogP contribution in [0.1, 0.15) is 0 Å². The molecule has 0 spiro atoms.